The van der Waals surface area contributed by atoms with Gasteiger partial charge in [0.15, 0.2) is 0 Å². The predicted octanol–water partition coefficient (Wildman–Crippen LogP) is 3.07. The third kappa shape index (κ3) is 5.53. The minimum atomic E-state index is -0.248. The van der Waals surface area contributed by atoms with Crippen LogP contribution in [-0.4, -0.2) is 39.1 Å². The first-order valence-electron chi connectivity index (χ1n) is 11.0. The first-order valence-corrected chi connectivity index (χ1v) is 11.0. The Morgan fingerprint density at radius 3 is 2.79 bits per heavy atom. The molecule has 0 unspecified atom stereocenters. The summed E-state index contributed by atoms with van der Waals surface area (Å²) in [6.07, 6.45) is 7.35. The number of carbonyl (C=O) groups excluding carboxylic acids is 1. The Kier molecular flexibility index (Phi) is 7.26. The fourth-order valence-corrected chi connectivity index (χ4v) is 3.76. The minimum absolute atomic E-state index is 0.0849. The normalized spacial score (nSPS) is 11.1. The number of fused-ring (bicyclic) bond motifs is 1. The number of amides is 1. The SMILES string of the molecule is COCCCCc1ncc(-c2ccccc2)n(CC(=O)NCc2cc3cnccc3[nH]2)c1=O. The van der Waals surface area contributed by atoms with E-state index in [9.17, 15) is 9.59 Å². The number of benzene rings is 1. The number of hydrogen-bond donors (Lipinski definition) is 2. The minimum Gasteiger partial charge on any atom is -0.385 e. The molecule has 0 atom stereocenters. The number of hydrogen-bond acceptors (Lipinski definition) is 5. The maximum absolute atomic E-state index is 13.2. The van der Waals surface area contributed by atoms with E-state index in [0.717, 1.165) is 35.0 Å². The molecule has 0 aliphatic heterocycles. The topological polar surface area (TPSA) is 102 Å². The van der Waals surface area contributed by atoms with Crippen molar-refractivity contribution < 1.29 is 9.53 Å². The van der Waals surface area contributed by atoms with Crippen molar-refractivity contribution in [3.63, 3.8) is 0 Å². The molecule has 0 fully saturated rings. The van der Waals surface area contributed by atoms with E-state index in [2.05, 4.69) is 20.3 Å². The van der Waals surface area contributed by atoms with E-state index < -0.39 is 0 Å². The van der Waals surface area contributed by atoms with Gasteiger partial charge in [-0.2, -0.15) is 0 Å². The van der Waals surface area contributed by atoms with E-state index >= 15 is 0 Å². The van der Waals surface area contributed by atoms with E-state index in [1.54, 1.807) is 25.7 Å². The van der Waals surface area contributed by atoms with Crippen LogP contribution in [0.3, 0.4) is 0 Å². The molecular weight excluding hydrogens is 418 g/mol. The summed E-state index contributed by atoms with van der Waals surface area (Å²) >= 11 is 0. The van der Waals surface area contributed by atoms with Gasteiger partial charge in [0.25, 0.3) is 5.56 Å². The number of nitrogens with zero attached hydrogens (tertiary/aromatic N) is 3. The summed E-state index contributed by atoms with van der Waals surface area (Å²) < 4.78 is 6.60. The highest BCUT2D eigenvalue weighted by atomic mass is 16.5. The van der Waals surface area contributed by atoms with E-state index in [-0.39, 0.29) is 18.0 Å². The molecule has 33 heavy (non-hydrogen) atoms. The lowest BCUT2D eigenvalue weighted by Crippen LogP contribution is -2.34. The number of rotatable bonds is 10. The van der Waals surface area contributed by atoms with Gasteiger partial charge in [0.05, 0.1) is 18.4 Å². The van der Waals surface area contributed by atoms with Crippen LogP contribution in [0.4, 0.5) is 0 Å². The lowest BCUT2D eigenvalue weighted by atomic mass is 10.1. The molecule has 0 saturated carbocycles. The molecular formula is C25H27N5O3. The van der Waals surface area contributed by atoms with Crippen molar-refractivity contribution in [3.05, 3.63) is 82.8 Å². The number of aryl methyl sites for hydroxylation is 1. The molecule has 0 spiro atoms. The second-order valence-corrected chi connectivity index (χ2v) is 7.83. The first kappa shape index (κ1) is 22.4. The van der Waals surface area contributed by atoms with Gasteiger partial charge in [0.2, 0.25) is 5.91 Å². The molecule has 2 N–H and O–H groups in total. The monoisotopic (exact) mass is 445 g/mol. The zero-order valence-electron chi connectivity index (χ0n) is 18.6. The number of methoxy groups -OCH3 is 1. The van der Waals surface area contributed by atoms with Crippen molar-refractivity contribution in [3.8, 4) is 11.3 Å². The van der Waals surface area contributed by atoms with Gasteiger partial charge in [0.1, 0.15) is 12.2 Å². The van der Waals surface area contributed by atoms with Crippen LogP contribution in [0.25, 0.3) is 22.2 Å². The Morgan fingerprint density at radius 2 is 2.00 bits per heavy atom. The Labute approximate surface area is 191 Å². The second-order valence-electron chi connectivity index (χ2n) is 7.83. The summed E-state index contributed by atoms with van der Waals surface area (Å²) in [6, 6.07) is 13.4. The molecule has 0 radical (unpaired) electrons. The van der Waals surface area contributed by atoms with Gasteiger partial charge >= 0.3 is 0 Å². The number of H-pyrrole nitrogens is 1. The Hall–Kier alpha value is -3.78. The molecule has 8 nitrogen and oxygen atoms in total. The highest BCUT2D eigenvalue weighted by Crippen LogP contribution is 2.17. The fourth-order valence-electron chi connectivity index (χ4n) is 3.76. The number of unbranched alkanes of at least 4 members (excludes halogenated alkanes) is 1. The van der Waals surface area contributed by atoms with Crippen molar-refractivity contribution >= 4 is 16.8 Å². The molecule has 0 bridgehead atoms. The van der Waals surface area contributed by atoms with Crippen LogP contribution in [0.15, 0.2) is 65.8 Å². The molecule has 1 amide bonds. The van der Waals surface area contributed by atoms with Gasteiger partial charge in [-0.3, -0.25) is 24.1 Å². The van der Waals surface area contributed by atoms with E-state index in [0.29, 0.717) is 31.0 Å². The second kappa shape index (κ2) is 10.7. The van der Waals surface area contributed by atoms with Crippen molar-refractivity contribution in [1.29, 1.82) is 0 Å². The van der Waals surface area contributed by atoms with Crippen LogP contribution in [0.1, 0.15) is 24.2 Å². The van der Waals surface area contributed by atoms with Gasteiger partial charge in [-0.1, -0.05) is 30.3 Å². The quantitative estimate of drug-likeness (QED) is 0.365. The van der Waals surface area contributed by atoms with Crippen LogP contribution in [0.5, 0.6) is 0 Å². The van der Waals surface area contributed by atoms with E-state index in [1.165, 1.54) is 4.57 Å². The maximum Gasteiger partial charge on any atom is 0.273 e. The third-order valence-corrected chi connectivity index (χ3v) is 5.46. The third-order valence-electron chi connectivity index (χ3n) is 5.46. The van der Waals surface area contributed by atoms with E-state index in [1.807, 2.05) is 42.5 Å². The molecule has 4 rings (SSSR count). The zero-order chi connectivity index (χ0) is 23.0. The van der Waals surface area contributed by atoms with Crippen molar-refractivity contribution in [2.75, 3.05) is 13.7 Å². The molecule has 3 heterocycles. The average molecular weight is 446 g/mol. The lowest BCUT2D eigenvalue weighted by Gasteiger charge is -2.14. The summed E-state index contributed by atoms with van der Waals surface area (Å²) in [6.45, 7) is 0.888. The smallest absolute Gasteiger partial charge is 0.273 e. The molecule has 8 heteroatoms. The molecule has 0 saturated heterocycles. The Morgan fingerprint density at radius 1 is 1.15 bits per heavy atom. The van der Waals surface area contributed by atoms with Crippen LogP contribution in [0, 0.1) is 0 Å². The summed E-state index contributed by atoms with van der Waals surface area (Å²) in [5.41, 5.74) is 3.51. The number of pyridine rings is 1. The van der Waals surface area contributed by atoms with Crippen LogP contribution < -0.4 is 10.9 Å². The van der Waals surface area contributed by atoms with Crippen LogP contribution >= 0.6 is 0 Å². The fraction of sp³-hybridized carbons (Fsp3) is 0.280. The van der Waals surface area contributed by atoms with Crippen LogP contribution in [0.2, 0.25) is 0 Å². The molecule has 1 aromatic carbocycles. The summed E-state index contributed by atoms with van der Waals surface area (Å²) in [5.74, 6) is -0.248. The number of ether oxygens (including phenoxy) is 1. The zero-order valence-corrected chi connectivity index (χ0v) is 18.6. The van der Waals surface area contributed by atoms with Crippen molar-refractivity contribution in [1.82, 2.24) is 24.8 Å². The number of carbonyl (C=O) groups is 1. The summed E-state index contributed by atoms with van der Waals surface area (Å²) in [4.78, 5) is 37.8. The van der Waals surface area contributed by atoms with E-state index in [4.69, 9.17) is 4.74 Å². The van der Waals surface area contributed by atoms with Crippen molar-refractivity contribution in [2.45, 2.75) is 32.4 Å². The maximum atomic E-state index is 13.2. The lowest BCUT2D eigenvalue weighted by molar-refractivity contribution is -0.121. The largest absolute Gasteiger partial charge is 0.385 e. The molecule has 170 valence electrons. The molecule has 0 aliphatic rings. The number of aromatic amines is 1. The molecule has 4 aromatic rings. The van der Waals surface area contributed by atoms with Crippen LogP contribution in [-0.2, 0) is 29.0 Å². The van der Waals surface area contributed by atoms with Gasteiger partial charge in [-0.15, -0.1) is 0 Å². The Bertz CT molecular complexity index is 1250. The Balaban J connectivity index is 1.52. The van der Waals surface area contributed by atoms with Gasteiger partial charge in [0, 0.05) is 42.7 Å². The highest BCUT2D eigenvalue weighted by molar-refractivity contribution is 5.80. The number of aromatic nitrogens is 4. The summed E-state index contributed by atoms with van der Waals surface area (Å²) in [5, 5.41) is 3.89. The van der Waals surface area contributed by atoms with Gasteiger partial charge in [-0.25, -0.2) is 0 Å². The summed E-state index contributed by atoms with van der Waals surface area (Å²) in [7, 11) is 1.66. The van der Waals surface area contributed by atoms with Gasteiger partial charge in [-0.05, 0) is 37.0 Å². The average Bonchev–Trinajstić information content (AvgIpc) is 3.26. The predicted molar refractivity (Wildman–Crippen MR) is 127 cm³/mol. The first-order chi connectivity index (χ1) is 16.2. The van der Waals surface area contributed by atoms with Gasteiger partial charge < -0.3 is 15.0 Å². The molecule has 3 aromatic heterocycles. The van der Waals surface area contributed by atoms with Crippen molar-refractivity contribution in [2.24, 2.45) is 0 Å². The highest BCUT2D eigenvalue weighted by Gasteiger charge is 2.15. The standard InChI is InChI=1S/C25H27N5O3/c1-33-12-6-5-9-22-25(32)30(23(16-27-22)18-7-3-2-4-8-18)17-24(31)28-15-20-13-19-14-26-11-10-21(19)29-20/h2-4,7-8,10-11,13-14,16,29H,5-6,9,12,15,17H2,1H3,(H,28,31). The number of nitrogens with one attached hydrogen (secondary N) is 2. The molecule has 0 aliphatic carbocycles.